The maximum Gasteiger partial charge on any atom is 0.293 e. The van der Waals surface area contributed by atoms with Crippen LogP contribution in [0.1, 0.15) is 106 Å². The topological polar surface area (TPSA) is 305 Å². The summed E-state index contributed by atoms with van der Waals surface area (Å²) in [4.78, 5) is 37.0. The number of aromatic amines is 2. The predicted octanol–water partition coefficient (Wildman–Crippen LogP) is 14.0. The van der Waals surface area contributed by atoms with Gasteiger partial charge in [-0.3, -0.25) is 48.0 Å². The smallest absolute Gasteiger partial charge is 0.293 e. The van der Waals surface area contributed by atoms with Crippen molar-refractivity contribution in [1.82, 2.24) is 80.1 Å². The van der Waals surface area contributed by atoms with E-state index in [1.54, 1.807) is 0 Å². The van der Waals surface area contributed by atoms with Gasteiger partial charge < -0.3 is 10.6 Å². The van der Waals surface area contributed by atoms with E-state index in [1.807, 2.05) is 0 Å². The fourth-order valence-corrected chi connectivity index (χ4v) is 16.5. The molecule has 6 N–H and O–H groups in total. The van der Waals surface area contributed by atoms with Crippen LogP contribution in [-0.2, 0) is 80.5 Å². The lowest BCUT2D eigenvalue weighted by Crippen LogP contribution is -2.35. The molecule has 24 nitrogen and oxygen atoms in total. The Kier molecular flexibility index (Phi) is 19.3. The van der Waals surface area contributed by atoms with Gasteiger partial charge in [0.1, 0.15) is 83.3 Å². The van der Waals surface area contributed by atoms with E-state index in [0.717, 1.165) is 46.1 Å². The molecule has 1 unspecified atom stereocenters. The van der Waals surface area contributed by atoms with Gasteiger partial charge >= 0.3 is 0 Å². The third kappa shape index (κ3) is 14.5. The SMILES string of the molecule is CS(=O)(=O)Nc1nn(CC(F)F)c2c(-c3cc4[nH]ncc4nc3C(Cc3cc(F)cc(F)c3)NC(=O)Cn3nc(C(F)F)c4c3C(F)(F)[C@@H]3C[C@H]43)ccc(Cl)c12.CS(=O)(=O)Nc1nn(CC(F)F)c2c(-c3cc4[nH]ncc4nc3[C@H](Cc3cc(F)cc(F)c3)NC(=O)Cn3nc(C(F)F)c4c3C(F)(F)[C@@H]3C[C@H]43)ccc(Cl)c12. The van der Waals surface area contributed by atoms with Crippen molar-refractivity contribution in [1.29, 1.82) is 0 Å². The zero-order valence-electron chi connectivity index (χ0n) is 56.9. The number of nitrogens with one attached hydrogen (secondary N) is 6. The Balaban J connectivity index is 0.000000177. The van der Waals surface area contributed by atoms with E-state index >= 15 is 17.6 Å². The summed E-state index contributed by atoms with van der Waals surface area (Å²) in [5, 5.41) is 33.9. The van der Waals surface area contributed by atoms with Crippen molar-refractivity contribution in [2.24, 2.45) is 11.8 Å². The monoisotopic (exact) mass is 1650 g/mol. The van der Waals surface area contributed by atoms with Crippen LogP contribution in [0.4, 0.5) is 81.9 Å². The van der Waals surface area contributed by atoms with E-state index in [2.05, 4.69) is 70.8 Å². The zero-order valence-corrected chi connectivity index (χ0v) is 60.1. The number of halogens is 18. The van der Waals surface area contributed by atoms with Crippen LogP contribution in [-0.4, -0.2) is 123 Å². The molecule has 6 atom stereocenters. The Bertz CT molecular complexity index is 5690. The van der Waals surface area contributed by atoms with Crippen molar-refractivity contribution in [2.45, 2.75) is 113 Å². The van der Waals surface area contributed by atoms with Crippen molar-refractivity contribution < 1.29 is 96.7 Å². The molecule has 4 aliphatic carbocycles. The first-order valence-electron chi connectivity index (χ1n) is 33.4. The summed E-state index contributed by atoms with van der Waals surface area (Å²) < 4.78 is 287. The summed E-state index contributed by atoms with van der Waals surface area (Å²) in [6.45, 7) is -4.00. The van der Waals surface area contributed by atoms with E-state index in [0.29, 0.717) is 21.5 Å². The number of hydrogen-bond donors (Lipinski definition) is 6. The van der Waals surface area contributed by atoms with Crippen LogP contribution >= 0.6 is 23.2 Å². The molecule has 2 amide bonds. The molecule has 2 saturated carbocycles. The highest BCUT2D eigenvalue weighted by Crippen LogP contribution is 2.69. The fraction of sp³-hybridized carbons (Fsp3) is 0.324. The van der Waals surface area contributed by atoms with Crippen molar-refractivity contribution in [3.8, 4) is 22.3 Å². The quantitative estimate of drug-likeness (QED) is 0.0307. The first-order chi connectivity index (χ1) is 52.8. The van der Waals surface area contributed by atoms with Crippen LogP contribution in [0.5, 0.6) is 0 Å². The first kappa shape index (κ1) is 76.7. The number of benzene rings is 4. The highest BCUT2D eigenvalue weighted by Gasteiger charge is 2.68. The van der Waals surface area contributed by atoms with Gasteiger partial charge in [0, 0.05) is 57.3 Å². The molecule has 0 spiro atoms. The van der Waals surface area contributed by atoms with Gasteiger partial charge in [0.2, 0.25) is 31.9 Å². The minimum absolute atomic E-state index is 0.00515. The maximum absolute atomic E-state index is 15.3. The molecule has 0 aliphatic heterocycles. The minimum Gasteiger partial charge on any atom is -0.346 e. The second-order valence-electron chi connectivity index (χ2n) is 27.2. The third-order valence-corrected chi connectivity index (χ3v) is 21.1. The summed E-state index contributed by atoms with van der Waals surface area (Å²) in [6, 6.07) is 10.7. The molecule has 4 aliphatic rings. The second-order valence-corrected chi connectivity index (χ2v) is 31.5. The number of carbonyl (C=O) groups is 2. The second kappa shape index (κ2) is 28.2. The number of aromatic nitrogens is 14. The Labute approximate surface area is 628 Å². The average Bonchev–Trinajstić information content (AvgIpc) is 1.52. The van der Waals surface area contributed by atoms with E-state index in [4.69, 9.17) is 23.2 Å². The van der Waals surface area contributed by atoms with Gasteiger partial charge in [0.15, 0.2) is 11.6 Å². The van der Waals surface area contributed by atoms with Gasteiger partial charge in [-0.1, -0.05) is 35.3 Å². The summed E-state index contributed by atoms with van der Waals surface area (Å²) in [5.41, 5.74) is -2.92. The summed E-state index contributed by atoms with van der Waals surface area (Å²) in [6.07, 6.45) is -8.96. The molecule has 4 aromatic carbocycles. The lowest BCUT2D eigenvalue weighted by atomic mass is 9.93. The van der Waals surface area contributed by atoms with Crippen LogP contribution in [0.3, 0.4) is 0 Å². The number of sulfonamides is 2. The normalized spacial score (nSPS) is 17.9. The van der Waals surface area contributed by atoms with Crippen molar-refractivity contribution in [3.63, 3.8) is 0 Å². The van der Waals surface area contributed by atoms with Gasteiger partial charge in [-0.15, -0.1) is 0 Å². The Hall–Kier alpha value is -10.6. The molecule has 8 heterocycles. The molecule has 112 heavy (non-hydrogen) atoms. The van der Waals surface area contributed by atoms with Crippen LogP contribution in [0, 0.1) is 35.1 Å². The van der Waals surface area contributed by atoms with E-state index in [-0.39, 0.29) is 134 Å². The predicted molar refractivity (Wildman–Crippen MR) is 370 cm³/mol. The number of pyridine rings is 2. The van der Waals surface area contributed by atoms with Crippen LogP contribution in [0.2, 0.25) is 10.0 Å². The van der Waals surface area contributed by atoms with Gasteiger partial charge in [0.05, 0.1) is 91.3 Å². The Morgan fingerprint density at radius 3 is 1.22 bits per heavy atom. The number of rotatable bonds is 24. The number of anilines is 2. The fourth-order valence-electron chi connectivity index (χ4n) is 15.0. The summed E-state index contributed by atoms with van der Waals surface area (Å²) in [7, 11) is -8.04. The third-order valence-electron chi connectivity index (χ3n) is 19.3. The summed E-state index contributed by atoms with van der Waals surface area (Å²) in [5.74, 6) is -17.8. The maximum atomic E-state index is 15.3. The van der Waals surface area contributed by atoms with Crippen molar-refractivity contribution in [2.75, 3.05) is 22.0 Å². The average molecular weight is 1660 g/mol. The van der Waals surface area contributed by atoms with Gasteiger partial charge in [-0.25, -0.2) is 79.5 Å². The molecule has 588 valence electrons. The lowest BCUT2D eigenvalue weighted by Gasteiger charge is -2.23. The lowest BCUT2D eigenvalue weighted by molar-refractivity contribution is -0.123. The molecule has 0 bridgehead atoms. The molecule has 0 saturated heterocycles. The molecule has 16 rings (SSSR count). The zero-order chi connectivity index (χ0) is 80.0. The van der Waals surface area contributed by atoms with E-state index in [9.17, 15) is 79.1 Å². The van der Waals surface area contributed by atoms with Crippen LogP contribution < -0.4 is 20.1 Å². The Morgan fingerprint density at radius 2 is 0.884 bits per heavy atom. The molecule has 12 aromatic rings. The Morgan fingerprint density at radius 1 is 0.518 bits per heavy atom. The van der Waals surface area contributed by atoms with Gasteiger partial charge in [0.25, 0.3) is 37.5 Å². The first-order valence-corrected chi connectivity index (χ1v) is 37.9. The molecule has 2 fully saturated rings. The molecule has 0 radical (unpaired) electrons. The van der Waals surface area contributed by atoms with Gasteiger partial charge in [-0.05, 0) is 97.2 Å². The number of alkyl halides is 12. The van der Waals surface area contributed by atoms with Crippen LogP contribution in [0.25, 0.3) is 66.1 Å². The number of hydrogen-bond acceptors (Lipinski definition) is 14. The van der Waals surface area contributed by atoms with Gasteiger partial charge in [-0.2, -0.15) is 48.2 Å². The molecule has 44 heteroatoms. The molecular weight excluding hydrogens is 1600 g/mol. The van der Waals surface area contributed by atoms with Crippen molar-refractivity contribution in [3.05, 3.63) is 175 Å². The van der Waals surface area contributed by atoms with E-state index in [1.165, 1.54) is 48.8 Å². The van der Waals surface area contributed by atoms with Crippen LogP contribution in [0.15, 0.2) is 85.2 Å². The van der Waals surface area contributed by atoms with E-state index < -0.39 is 190 Å². The number of H-pyrrole nitrogens is 2. The number of nitrogens with zero attached hydrogens (tertiary/aromatic N) is 12. The number of fused-ring (bicyclic) bond motifs is 10. The highest BCUT2D eigenvalue weighted by atomic mass is 35.5. The molecular formula is C68H52Cl2F16N18O6S2. The highest BCUT2D eigenvalue weighted by molar-refractivity contribution is 7.92. The number of amides is 2. The number of carbonyl (C=O) groups excluding carboxylic acids is 2. The minimum atomic E-state index is -4.02. The van der Waals surface area contributed by atoms with Crippen molar-refractivity contribution >= 4 is 111 Å². The summed E-state index contributed by atoms with van der Waals surface area (Å²) >= 11 is 13.0. The molecule has 8 aromatic heterocycles. The largest absolute Gasteiger partial charge is 0.346 e. The standard InChI is InChI=1S/2C34H26ClF8N9O3S/c2*1-56(54,55)50-33-27-20(35)3-2-16(30(27)51(49-33)11-24(38)39)17-9-21-23(10-44-47-21)46-28(17)22(6-13-4-14(36)7-15(37)5-13)45-25(53)12-52-31-26(29(48-52)32(40)41)18-8-19(18)34(31,42)43/h2*2-5,7,9-10,18-19,22,24,32H,6,8,11-12H2,1H3,(H,44,47)(H,45,53)(H,49,50)/t18-,19+,22?;18-,19+,22-/m00/s1.